The Balaban J connectivity index is 1.42. The highest BCUT2D eigenvalue weighted by molar-refractivity contribution is 7.99. The molecule has 0 unspecified atom stereocenters. The van der Waals surface area contributed by atoms with E-state index in [1.165, 1.54) is 17.7 Å². The molecule has 138 valence electrons. The van der Waals surface area contributed by atoms with Gasteiger partial charge in [0.05, 0.1) is 11.4 Å². The number of para-hydroxylation sites is 1. The summed E-state index contributed by atoms with van der Waals surface area (Å²) in [5.41, 5.74) is 2.77. The van der Waals surface area contributed by atoms with Crippen molar-refractivity contribution in [2.45, 2.75) is 37.1 Å². The molecule has 0 atom stereocenters. The number of carbonyl (C=O) groups excluding carboxylic acids is 1. The van der Waals surface area contributed by atoms with Crippen LogP contribution in [0.3, 0.4) is 0 Å². The Morgan fingerprint density at radius 3 is 2.74 bits per heavy atom. The largest absolute Gasteiger partial charge is 0.334 e. The van der Waals surface area contributed by atoms with Gasteiger partial charge in [-0.3, -0.25) is 4.79 Å². The molecule has 0 spiro atoms. The number of hydrogen-bond donors (Lipinski definition) is 1. The zero-order valence-electron chi connectivity index (χ0n) is 15.2. The summed E-state index contributed by atoms with van der Waals surface area (Å²) in [6.45, 7) is 1.04. The molecule has 2 aromatic carbocycles. The predicted molar refractivity (Wildman–Crippen MR) is 111 cm³/mol. The van der Waals surface area contributed by atoms with Crippen LogP contribution >= 0.6 is 11.8 Å². The molecule has 0 aliphatic carbocycles. The number of aryl methyl sites for hydroxylation is 2. The van der Waals surface area contributed by atoms with Crippen molar-refractivity contribution in [1.82, 2.24) is 9.55 Å². The smallest absolute Gasteiger partial charge is 0.225 e. The number of nitrogens with one attached hydrogen (secondary N) is 1. The van der Waals surface area contributed by atoms with Crippen LogP contribution in [0.5, 0.6) is 0 Å². The third kappa shape index (κ3) is 4.42. The second kappa shape index (κ2) is 8.44. The number of hydrogen-bond acceptors (Lipinski definition) is 3. The van der Waals surface area contributed by atoms with Gasteiger partial charge in [-0.1, -0.05) is 36.4 Å². The molecule has 5 heteroatoms. The van der Waals surface area contributed by atoms with Crippen molar-refractivity contribution < 1.29 is 4.79 Å². The minimum Gasteiger partial charge on any atom is -0.334 e. The van der Waals surface area contributed by atoms with Gasteiger partial charge in [0, 0.05) is 41.8 Å². The fourth-order valence-corrected chi connectivity index (χ4v) is 4.22. The van der Waals surface area contributed by atoms with E-state index in [0.29, 0.717) is 6.42 Å². The van der Waals surface area contributed by atoms with E-state index < -0.39 is 0 Å². The highest BCUT2D eigenvalue weighted by Crippen LogP contribution is 2.29. The second-order valence-corrected chi connectivity index (χ2v) is 7.87. The summed E-state index contributed by atoms with van der Waals surface area (Å²) in [4.78, 5) is 18.4. The monoisotopic (exact) mass is 377 g/mol. The molecule has 1 aromatic heterocycles. The lowest BCUT2D eigenvalue weighted by molar-refractivity contribution is -0.115. The predicted octanol–water partition coefficient (Wildman–Crippen LogP) is 5.01. The summed E-state index contributed by atoms with van der Waals surface area (Å²) >= 11 is 1.70. The topological polar surface area (TPSA) is 46.9 Å². The third-order valence-electron chi connectivity index (χ3n) is 4.73. The Morgan fingerprint density at radius 2 is 1.89 bits per heavy atom. The number of thioether (sulfide) groups is 1. The van der Waals surface area contributed by atoms with Crippen LogP contribution in [-0.4, -0.2) is 21.2 Å². The van der Waals surface area contributed by atoms with Crippen molar-refractivity contribution in [3.8, 4) is 11.3 Å². The number of rotatable bonds is 6. The Labute approximate surface area is 164 Å². The van der Waals surface area contributed by atoms with Crippen molar-refractivity contribution >= 4 is 23.4 Å². The first kappa shape index (κ1) is 17.9. The van der Waals surface area contributed by atoms with Gasteiger partial charge in [-0.25, -0.2) is 4.98 Å². The van der Waals surface area contributed by atoms with Crippen molar-refractivity contribution in [3.63, 3.8) is 0 Å². The number of amides is 1. The zero-order chi connectivity index (χ0) is 18.5. The summed E-state index contributed by atoms with van der Waals surface area (Å²) < 4.78 is 2.24. The van der Waals surface area contributed by atoms with Crippen LogP contribution in [-0.2, 0) is 17.8 Å². The Kier molecular flexibility index (Phi) is 5.58. The van der Waals surface area contributed by atoms with Gasteiger partial charge >= 0.3 is 0 Å². The highest BCUT2D eigenvalue weighted by Gasteiger charge is 2.16. The fourth-order valence-electron chi connectivity index (χ4n) is 3.35. The van der Waals surface area contributed by atoms with Crippen molar-refractivity contribution in [1.29, 1.82) is 0 Å². The Morgan fingerprint density at radius 1 is 1.07 bits per heavy atom. The van der Waals surface area contributed by atoms with Crippen LogP contribution in [0, 0.1) is 0 Å². The van der Waals surface area contributed by atoms with Gasteiger partial charge < -0.3 is 9.88 Å². The highest BCUT2D eigenvalue weighted by atomic mass is 32.2. The number of nitrogens with zero attached hydrogens (tertiary/aromatic N) is 2. The van der Waals surface area contributed by atoms with Gasteiger partial charge in [-0.05, 0) is 31.0 Å². The van der Waals surface area contributed by atoms with Crippen LogP contribution in [0.25, 0.3) is 11.3 Å². The van der Waals surface area contributed by atoms with Gasteiger partial charge in [0.25, 0.3) is 0 Å². The van der Waals surface area contributed by atoms with Crippen LogP contribution < -0.4 is 5.32 Å². The first-order valence-corrected chi connectivity index (χ1v) is 10.4. The molecule has 4 nitrogen and oxygen atoms in total. The molecule has 1 amide bonds. The second-order valence-electron chi connectivity index (χ2n) is 6.70. The van der Waals surface area contributed by atoms with E-state index in [2.05, 4.69) is 28.2 Å². The van der Waals surface area contributed by atoms with Crippen LogP contribution in [0.15, 0.2) is 65.7 Å². The zero-order valence-corrected chi connectivity index (χ0v) is 16.0. The van der Waals surface area contributed by atoms with Crippen LogP contribution in [0.4, 0.5) is 5.69 Å². The van der Waals surface area contributed by atoms with E-state index in [4.69, 9.17) is 4.98 Å². The minimum atomic E-state index is 0.0369. The van der Waals surface area contributed by atoms with Gasteiger partial charge in [0.2, 0.25) is 5.91 Å². The van der Waals surface area contributed by atoms with Crippen molar-refractivity contribution in [2.24, 2.45) is 0 Å². The summed E-state index contributed by atoms with van der Waals surface area (Å²) in [6.07, 6.45) is 6.04. The van der Waals surface area contributed by atoms with Crippen molar-refractivity contribution in [2.75, 3.05) is 11.1 Å². The number of carbonyl (C=O) groups is 1. The fraction of sp³-hybridized carbons (Fsp3) is 0.273. The molecule has 3 aromatic rings. The first-order valence-electron chi connectivity index (χ1n) is 9.43. The number of benzene rings is 2. The maximum atomic E-state index is 12.4. The molecule has 0 fully saturated rings. The van der Waals surface area contributed by atoms with E-state index in [0.717, 1.165) is 41.5 Å². The maximum absolute atomic E-state index is 12.4. The summed E-state index contributed by atoms with van der Waals surface area (Å²) in [6, 6.07) is 18.1. The molecule has 1 aliphatic rings. The van der Waals surface area contributed by atoms with E-state index in [9.17, 15) is 4.79 Å². The molecule has 4 rings (SSSR count). The van der Waals surface area contributed by atoms with E-state index >= 15 is 0 Å². The summed E-state index contributed by atoms with van der Waals surface area (Å²) in [7, 11) is 0. The lowest BCUT2D eigenvalue weighted by Gasteiger charge is -2.11. The Bertz CT molecular complexity index is 897. The molecule has 1 N–H and O–H groups in total. The van der Waals surface area contributed by atoms with Gasteiger partial charge in [-0.15, -0.1) is 11.8 Å². The number of aromatic nitrogens is 2. The molecule has 0 bridgehead atoms. The summed E-state index contributed by atoms with van der Waals surface area (Å²) in [5.74, 6) is 1.95. The van der Waals surface area contributed by atoms with Crippen LogP contribution in [0.1, 0.15) is 25.1 Å². The minimum absolute atomic E-state index is 0.0369. The number of imidazole rings is 1. The molecular formula is C22H23N3OS. The van der Waals surface area contributed by atoms with Crippen molar-refractivity contribution in [3.05, 3.63) is 66.6 Å². The Hall–Kier alpha value is -2.53. The van der Waals surface area contributed by atoms with Gasteiger partial charge in [0.1, 0.15) is 5.82 Å². The molecule has 27 heavy (non-hydrogen) atoms. The lowest BCUT2D eigenvalue weighted by atomic mass is 10.1. The quantitative estimate of drug-likeness (QED) is 0.615. The molecular weight excluding hydrogens is 354 g/mol. The molecule has 0 radical (unpaired) electrons. The van der Waals surface area contributed by atoms with E-state index in [-0.39, 0.29) is 5.91 Å². The SMILES string of the molecule is O=C(CCSc1ccccc1)Nc1ccccc1-c1cn2c(n1)CCCC2. The molecule has 0 saturated carbocycles. The van der Waals surface area contributed by atoms with Crippen LogP contribution in [0.2, 0.25) is 0 Å². The molecule has 1 aliphatic heterocycles. The first-order chi connectivity index (χ1) is 13.3. The van der Waals surface area contributed by atoms with Gasteiger partial charge in [0.15, 0.2) is 0 Å². The lowest BCUT2D eigenvalue weighted by Crippen LogP contribution is -2.12. The normalized spacial score (nSPS) is 13.2. The average molecular weight is 378 g/mol. The number of anilines is 1. The summed E-state index contributed by atoms with van der Waals surface area (Å²) in [5, 5.41) is 3.07. The van der Waals surface area contributed by atoms with Gasteiger partial charge in [-0.2, -0.15) is 0 Å². The van der Waals surface area contributed by atoms with E-state index in [1.54, 1.807) is 11.8 Å². The maximum Gasteiger partial charge on any atom is 0.225 e. The standard InChI is InChI=1S/C22H23N3OS/c26-22(13-15-27-17-8-2-1-3-9-17)24-19-11-5-4-10-18(19)20-16-25-14-7-6-12-21(25)23-20/h1-5,8-11,16H,6-7,12-15H2,(H,24,26). The average Bonchev–Trinajstić information content (AvgIpc) is 3.13. The van der Waals surface area contributed by atoms with E-state index in [1.807, 2.05) is 42.5 Å². The third-order valence-corrected chi connectivity index (χ3v) is 5.74. The molecule has 0 saturated heterocycles. The molecule has 2 heterocycles. The number of fused-ring (bicyclic) bond motifs is 1.